The van der Waals surface area contributed by atoms with Crippen molar-refractivity contribution < 1.29 is 9.47 Å². The lowest BCUT2D eigenvalue weighted by molar-refractivity contribution is 0.169. The zero-order valence-electron chi connectivity index (χ0n) is 13.6. The summed E-state index contributed by atoms with van der Waals surface area (Å²) < 4.78 is 11.3. The minimum atomic E-state index is -0.158. The molecule has 0 atom stereocenters. The second-order valence-corrected chi connectivity index (χ2v) is 6.21. The maximum atomic E-state index is 5.69. The summed E-state index contributed by atoms with van der Waals surface area (Å²) >= 11 is 0. The fourth-order valence-electron chi connectivity index (χ4n) is 2.18. The zero-order valence-corrected chi connectivity index (χ0v) is 14.4. The molecule has 8 heteroatoms. The third-order valence-electron chi connectivity index (χ3n) is 3.30. The Kier molecular flexibility index (Phi) is 5.43. The van der Waals surface area contributed by atoms with E-state index in [-0.39, 0.29) is 17.9 Å². The molecule has 0 fully saturated rings. The van der Waals surface area contributed by atoms with E-state index in [2.05, 4.69) is 20.7 Å². The van der Waals surface area contributed by atoms with Gasteiger partial charge in [0.05, 0.1) is 12.1 Å². The van der Waals surface area contributed by atoms with Gasteiger partial charge in [-0.1, -0.05) is 12.1 Å². The molecule has 0 unspecified atom stereocenters. The van der Waals surface area contributed by atoms with E-state index in [1.54, 1.807) is 4.80 Å². The Labute approximate surface area is 141 Å². The Morgan fingerprint density at radius 3 is 2.70 bits per heavy atom. The average molecular weight is 340 g/mol. The number of hydrogen-bond acceptors (Lipinski definition) is 6. The van der Waals surface area contributed by atoms with Crippen molar-refractivity contribution in [2.24, 2.45) is 0 Å². The Morgan fingerprint density at radius 2 is 1.96 bits per heavy atom. The Morgan fingerprint density at radius 1 is 1.17 bits per heavy atom. The van der Waals surface area contributed by atoms with Gasteiger partial charge in [-0.15, -0.1) is 22.6 Å². The number of rotatable bonds is 4. The maximum absolute atomic E-state index is 5.69. The molecule has 3 rings (SSSR count). The number of nitrogens with zero attached hydrogens (tertiary/aromatic N) is 4. The fourth-order valence-corrected chi connectivity index (χ4v) is 2.18. The molecule has 0 radical (unpaired) electrons. The van der Waals surface area contributed by atoms with Gasteiger partial charge in [-0.05, 0) is 32.1 Å². The van der Waals surface area contributed by atoms with E-state index in [0.717, 1.165) is 17.1 Å². The number of ether oxygens (including phenoxy) is 2. The first kappa shape index (κ1) is 17.5. The number of halogens is 1. The summed E-state index contributed by atoms with van der Waals surface area (Å²) in [6.07, 6.45) is 0. The van der Waals surface area contributed by atoms with Crippen molar-refractivity contribution in [3.8, 4) is 11.5 Å². The SMILES string of the molecule is CC(C)(C)n1nnc(CNCc2cccc3c2OCCO3)n1.Cl. The Hall–Kier alpha value is -1.86. The number of hydrogen-bond donors (Lipinski definition) is 1. The van der Waals surface area contributed by atoms with Gasteiger partial charge < -0.3 is 14.8 Å². The summed E-state index contributed by atoms with van der Waals surface area (Å²) in [5.41, 5.74) is 0.912. The van der Waals surface area contributed by atoms with Crippen LogP contribution in [-0.4, -0.2) is 33.4 Å². The minimum Gasteiger partial charge on any atom is -0.486 e. The first-order valence-corrected chi connectivity index (χ1v) is 7.41. The standard InChI is InChI=1S/C15H21N5O2.ClH/c1-15(2,3)20-18-13(17-19-20)10-16-9-11-5-4-6-12-14(11)22-8-7-21-12;/h4-6,16H,7-10H2,1-3H3;1H. The predicted molar refractivity (Wildman–Crippen MR) is 88.0 cm³/mol. The van der Waals surface area contributed by atoms with Crippen LogP contribution in [0.15, 0.2) is 18.2 Å². The van der Waals surface area contributed by atoms with Gasteiger partial charge in [-0.3, -0.25) is 0 Å². The van der Waals surface area contributed by atoms with Gasteiger partial charge in [0.25, 0.3) is 0 Å². The van der Waals surface area contributed by atoms with Gasteiger partial charge in [-0.2, -0.15) is 4.80 Å². The van der Waals surface area contributed by atoms with E-state index in [0.29, 0.717) is 32.1 Å². The minimum absolute atomic E-state index is 0. The highest BCUT2D eigenvalue weighted by atomic mass is 35.5. The summed E-state index contributed by atoms with van der Waals surface area (Å²) in [6.45, 7) is 8.53. The molecular formula is C15H22ClN5O2. The van der Waals surface area contributed by atoms with Crippen molar-refractivity contribution in [2.75, 3.05) is 13.2 Å². The topological polar surface area (TPSA) is 74.1 Å². The molecule has 0 bridgehead atoms. The molecular weight excluding hydrogens is 318 g/mol. The fraction of sp³-hybridized carbons (Fsp3) is 0.533. The van der Waals surface area contributed by atoms with Crippen LogP contribution in [0.25, 0.3) is 0 Å². The van der Waals surface area contributed by atoms with Crippen molar-refractivity contribution in [3.63, 3.8) is 0 Å². The van der Waals surface area contributed by atoms with E-state index in [4.69, 9.17) is 9.47 Å². The molecule has 23 heavy (non-hydrogen) atoms. The second kappa shape index (κ2) is 7.14. The van der Waals surface area contributed by atoms with Crippen molar-refractivity contribution in [1.82, 2.24) is 25.5 Å². The lowest BCUT2D eigenvalue weighted by atomic mass is 10.1. The highest BCUT2D eigenvalue weighted by Gasteiger charge is 2.17. The van der Waals surface area contributed by atoms with Crippen molar-refractivity contribution in [2.45, 2.75) is 39.4 Å². The van der Waals surface area contributed by atoms with Gasteiger partial charge in [0.2, 0.25) is 0 Å². The van der Waals surface area contributed by atoms with Crippen LogP contribution in [-0.2, 0) is 18.6 Å². The van der Waals surface area contributed by atoms with Crippen molar-refractivity contribution in [3.05, 3.63) is 29.6 Å². The number of benzene rings is 1. The molecule has 1 aliphatic heterocycles. The smallest absolute Gasteiger partial charge is 0.188 e. The maximum Gasteiger partial charge on any atom is 0.188 e. The molecule has 0 amide bonds. The van der Waals surface area contributed by atoms with E-state index < -0.39 is 0 Å². The second-order valence-electron chi connectivity index (χ2n) is 6.21. The van der Waals surface area contributed by atoms with Crippen LogP contribution in [0.3, 0.4) is 0 Å². The van der Waals surface area contributed by atoms with Crippen LogP contribution >= 0.6 is 12.4 Å². The van der Waals surface area contributed by atoms with E-state index in [1.807, 2.05) is 39.0 Å². The lowest BCUT2D eigenvalue weighted by Gasteiger charge is -2.21. The summed E-state index contributed by atoms with van der Waals surface area (Å²) in [5.74, 6) is 2.31. The van der Waals surface area contributed by atoms with Gasteiger partial charge in [0.15, 0.2) is 17.3 Å². The number of fused-ring (bicyclic) bond motifs is 1. The average Bonchev–Trinajstić information content (AvgIpc) is 2.97. The first-order chi connectivity index (χ1) is 10.5. The molecule has 0 aliphatic carbocycles. The summed E-state index contributed by atoms with van der Waals surface area (Å²) in [6, 6.07) is 5.92. The number of para-hydroxylation sites is 1. The molecule has 1 N–H and O–H groups in total. The third-order valence-corrected chi connectivity index (χ3v) is 3.30. The first-order valence-electron chi connectivity index (χ1n) is 7.41. The molecule has 0 spiro atoms. The third kappa shape index (κ3) is 4.11. The van der Waals surface area contributed by atoms with Crippen molar-refractivity contribution in [1.29, 1.82) is 0 Å². The molecule has 126 valence electrons. The lowest BCUT2D eigenvalue weighted by Crippen LogP contribution is -2.25. The quantitative estimate of drug-likeness (QED) is 0.917. The van der Waals surface area contributed by atoms with Crippen LogP contribution < -0.4 is 14.8 Å². The Bertz CT molecular complexity index is 654. The number of nitrogens with one attached hydrogen (secondary N) is 1. The highest BCUT2D eigenvalue weighted by Crippen LogP contribution is 2.33. The summed E-state index contributed by atoms with van der Waals surface area (Å²) in [4.78, 5) is 1.63. The van der Waals surface area contributed by atoms with Gasteiger partial charge in [0.1, 0.15) is 13.2 Å². The van der Waals surface area contributed by atoms with E-state index in [9.17, 15) is 0 Å². The summed E-state index contributed by atoms with van der Waals surface area (Å²) in [7, 11) is 0. The molecule has 1 aliphatic rings. The highest BCUT2D eigenvalue weighted by molar-refractivity contribution is 5.85. The van der Waals surface area contributed by atoms with Crippen molar-refractivity contribution >= 4 is 12.4 Å². The Balaban J connectivity index is 0.00000192. The summed E-state index contributed by atoms with van der Waals surface area (Å²) in [5, 5.41) is 15.8. The molecule has 7 nitrogen and oxygen atoms in total. The van der Waals surface area contributed by atoms with Crippen LogP contribution in [0.2, 0.25) is 0 Å². The molecule has 1 aromatic carbocycles. The van der Waals surface area contributed by atoms with E-state index >= 15 is 0 Å². The normalized spacial score (nSPS) is 13.5. The van der Waals surface area contributed by atoms with Crippen LogP contribution in [0.5, 0.6) is 11.5 Å². The molecule has 0 saturated heterocycles. The van der Waals surface area contributed by atoms with Crippen LogP contribution in [0.1, 0.15) is 32.2 Å². The van der Waals surface area contributed by atoms with E-state index in [1.165, 1.54) is 0 Å². The molecule has 0 saturated carbocycles. The van der Waals surface area contributed by atoms with Gasteiger partial charge in [0, 0.05) is 12.1 Å². The predicted octanol–water partition coefficient (Wildman–Crippen LogP) is 1.91. The van der Waals surface area contributed by atoms with Gasteiger partial charge >= 0.3 is 0 Å². The van der Waals surface area contributed by atoms with Gasteiger partial charge in [-0.25, -0.2) is 0 Å². The molecule has 2 aromatic rings. The van der Waals surface area contributed by atoms with Crippen LogP contribution in [0.4, 0.5) is 0 Å². The molecule has 2 heterocycles. The van der Waals surface area contributed by atoms with Crippen LogP contribution in [0, 0.1) is 0 Å². The monoisotopic (exact) mass is 339 g/mol. The largest absolute Gasteiger partial charge is 0.486 e. The zero-order chi connectivity index (χ0) is 15.6. The molecule has 1 aromatic heterocycles. The number of aromatic nitrogens is 4. The number of tetrazole rings is 1.